The van der Waals surface area contributed by atoms with Crippen LogP contribution >= 0.6 is 0 Å². The van der Waals surface area contributed by atoms with Crippen LogP contribution in [0, 0.1) is 11.8 Å². The van der Waals surface area contributed by atoms with E-state index in [1.54, 1.807) is 6.20 Å². The Labute approximate surface area is 188 Å². The topological polar surface area (TPSA) is 179 Å². The number of nitrogens with one attached hydrogen (secondary N) is 4. The first kappa shape index (κ1) is 27.2. The molecule has 0 aliphatic carbocycles. The summed E-state index contributed by atoms with van der Waals surface area (Å²) < 4.78 is 0. The number of nitrogens with zero attached hydrogens (tertiary/aromatic N) is 1. The van der Waals surface area contributed by atoms with Crippen molar-refractivity contribution in [1.82, 2.24) is 25.9 Å². The molecule has 0 aliphatic heterocycles. The van der Waals surface area contributed by atoms with Gasteiger partial charge in [0, 0.05) is 12.6 Å². The molecule has 179 valence electrons. The number of hydrogen-bond donors (Lipinski definition) is 6. The largest absolute Gasteiger partial charge is 0.394 e. The molecular weight excluding hydrogens is 416 g/mol. The summed E-state index contributed by atoms with van der Waals surface area (Å²) in [5, 5.41) is 17.2. The maximum absolute atomic E-state index is 12.7. The molecule has 0 unspecified atom stereocenters. The molecule has 0 bridgehead atoms. The third kappa shape index (κ3) is 8.75. The Morgan fingerprint density at radius 1 is 1.12 bits per heavy atom. The second-order valence-electron chi connectivity index (χ2n) is 8.30. The summed E-state index contributed by atoms with van der Waals surface area (Å²) in [5.74, 6) is -1.97. The lowest BCUT2D eigenvalue weighted by Gasteiger charge is -2.26. The first-order valence-corrected chi connectivity index (χ1v) is 10.8. The van der Waals surface area contributed by atoms with Gasteiger partial charge in [-0.3, -0.25) is 19.2 Å². The Hall–Kier alpha value is -2.79. The van der Waals surface area contributed by atoms with Crippen molar-refractivity contribution in [3.63, 3.8) is 0 Å². The van der Waals surface area contributed by atoms with Gasteiger partial charge in [-0.1, -0.05) is 34.1 Å². The number of carbonyl (C=O) groups is 3. The summed E-state index contributed by atoms with van der Waals surface area (Å²) in [6.07, 6.45) is 5.99. The number of aromatic amines is 1. The summed E-state index contributed by atoms with van der Waals surface area (Å²) in [7, 11) is 0. The van der Waals surface area contributed by atoms with Gasteiger partial charge in [0.2, 0.25) is 24.0 Å². The summed E-state index contributed by atoms with van der Waals surface area (Å²) in [5.41, 5.74) is 6.44. The number of imidazole rings is 1. The van der Waals surface area contributed by atoms with E-state index >= 15 is 0 Å². The molecule has 5 atom stereocenters. The summed E-state index contributed by atoms with van der Waals surface area (Å²) in [6.45, 7) is 6.78. The van der Waals surface area contributed by atoms with Gasteiger partial charge in [0.25, 0.3) is 0 Å². The molecule has 11 heteroatoms. The van der Waals surface area contributed by atoms with Crippen molar-refractivity contribution in [2.24, 2.45) is 17.6 Å². The van der Waals surface area contributed by atoms with Gasteiger partial charge < -0.3 is 31.8 Å². The lowest BCUT2D eigenvalue weighted by molar-refractivity contribution is -0.133. The second-order valence-corrected chi connectivity index (χ2v) is 8.30. The smallest absolute Gasteiger partial charge is 0.245 e. The number of rotatable bonds is 14. The molecule has 0 spiro atoms. The van der Waals surface area contributed by atoms with Crippen LogP contribution in [0.4, 0.5) is 0 Å². The Bertz CT molecular complexity index is 739. The molecular formula is C21H35N6O5. The molecule has 32 heavy (non-hydrogen) atoms. The molecule has 1 rings (SSSR count). The SMILES string of the molecule is CC[C@H](C)[C@@H]([C]=O)NC(=O)[C@H](CC(C)C)NC(=O)[C@H](CO)NC(=O)[C@@H](N)Cc1c[nH]cn1. The van der Waals surface area contributed by atoms with Crippen molar-refractivity contribution >= 4 is 24.0 Å². The van der Waals surface area contributed by atoms with Crippen LogP contribution in [0.3, 0.4) is 0 Å². The van der Waals surface area contributed by atoms with Crippen molar-refractivity contribution in [2.45, 2.75) is 71.1 Å². The lowest BCUT2D eigenvalue weighted by atomic mass is 9.98. The normalized spacial score (nSPS) is 15.8. The molecule has 1 radical (unpaired) electrons. The van der Waals surface area contributed by atoms with E-state index in [4.69, 9.17) is 5.73 Å². The Morgan fingerprint density at radius 3 is 2.25 bits per heavy atom. The summed E-state index contributed by atoms with van der Waals surface area (Å²) in [4.78, 5) is 55.8. The molecule has 0 fully saturated rings. The number of H-pyrrole nitrogens is 1. The minimum atomic E-state index is -1.29. The highest BCUT2D eigenvalue weighted by atomic mass is 16.3. The highest BCUT2D eigenvalue weighted by Crippen LogP contribution is 2.09. The average Bonchev–Trinajstić information content (AvgIpc) is 3.26. The van der Waals surface area contributed by atoms with Gasteiger partial charge in [0.1, 0.15) is 12.1 Å². The summed E-state index contributed by atoms with van der Waals surface area (Å²) in [6, 6.07) is -4.02. The zero-order valence-corrected chi connectivity index (χ0v) is 19.1. The average molecular weight is 452 g/mol. The fraction of sp³-hybridized carbons (Fsp3) is 0.667. The van der Waals surface area contributed by atoms with E-state index in [2.05, 4.69) is 25.9 Å². The van der Waals surface area contributed by atoms with E-state index in [9.17, 15) is 24.3 Å². The van der Waals surface area contributed by atoms with E-state index in [1.807, 2.05) is 34.0 Å². The van der Waals surface area contributed by atoms with Gasteiger partial charge >= 0.3 is 0 Å². The standard InChI is InChI=1S/C21H35N6O5/c1-5-13(4)17(9-28)26-20(31)16(6-12(2)3)25-21(32)18(10-29)27-19(30)15(22)7-14-8-23-11-24-14/h8,11-13,15-18,29H,5-7,10,22H2,1-4H3,(H,23,24)(H,25,32)(H,26,31)(H,27,30)/t13-,15-,16-,17+,18-/m0/s1. The van der Waals surface area contributed by atoms with Crippen LogP contribution in [0.1, 0.15) is 46.2 Å². The van der Waals surface area contributed by atoms with E-state index in [0.29, 0.717) is 18.5 Å². The Balaban J connectivity index is 2.79. The van der Waals surface area contributed by atoms with Gasteiger partial charge in [0.05, 0.1) is 30.7 Å². The lowest BCUT2D eigenvalue weighted by Crippen LogP contribution is -2.58. The molecule has 1 heterocycles. The third-order valence-electron chi connectivity index (χ3n) is 5.11. The minimum Gasteiger partial charge on any atom is -0.394 e. The fourth-order valence-corrected chi connectivity index (χ4v) is 2.95. The number of carbonyl (C=O) groups excluding carboxylic acids is 4. The van der Waals surface area contributed by atoms with E-state index in [-0.39, 0.29) is 18.3 Å². The maximum atomic E-state index is 12.7. The molecule has 0 saturated carbocycles. The first-order chi connectivity index (χ1) is 15.1. The van der Waals surface area contributed by atoms with Gasteiger partial charge in [0.15, 0.2) is 0 Å². The van der Waals surface area contributed by atoms with Crippen molar-refractivity contribution in [3.8, 4) is 0 Å². The highest BCUT2D eigenvalue weighted by molar-refractivity contribution is 5.93. The van der Waals surface area contributed by atoms with E-state index in [1.165, 1.54) is 6.33 Å². The molecule has 7 N–H and O–H groups in total. The summed E-state index contributed by atoms with van der Waals surface area (Å²) >= 11 is 0. The predicted molar refractivity (Wildman–Crippen MR) is 118 cm³/mol. The molecule has 0 saturated heterocycles. The number of amides is 3. The second kappa shape index (κ2) is 13.6. The number of hydrogen-bond acceptors (Lipinski definition) is 7. The van der Waals surface area contributed by atoms with E-state index in [0.717, 1.165) is 0 Å². The number of aliphatic hydroxyl groups is 1. The van der Waals surface area contributed by atoms with Crippen LogP contribution in [-0.2, 0) is 25.6 Å². The molecule has 11 nitrogen and oxygen atoms in total. The van der Waals surface area contributed by atoms with Crippen molar-refractivity contribution in [3.05, 3.63) is 18.2 Å². The van der Waals surface area contributed by atoms with Gasteiger partial charge in [-0.05, 0) is 18.3 Å². The highest BCUT2D eigenvalue weighted by Gasteiger charge is 2.30. The molecule has 1 aromatic heterocycles. The van der Waals surface area contributed by atoms with Gasteiger partial charge in [-0.25, -0.2) is 4.98 Å². The minimum absolute atomic E-state index is 0.0535. The van der Waals surface area contributed by atoms with Crippen molar-refractivity contribution in [1.29, 1.82) is 0 Å². The van der Waals surface area contributed by atoms with Crippen LogP contribution in [-0.4, -0.2) is 69.9 Å². The zero-order valence-electron chi connectivity index (χ0n) is 19.1. The monoisotopic (exact) mass is 451 g/mol. The fourth-order valence-electron chi connectivity index (χ4n) is 2.95. The number of nitrogens with two attached hydrogens (primary N) is 1. The molecule has 0 aliphatic rings. The third-order valence-corrected chi connectivity index (χ3v) is 5.11. The van der Waals surface area contributed by atoms with Crippen LogP contribution in [0.25, 0.3) is 0 Å². The predicted octanol–water partition coefficient (Wildman–Crippen LogP) is -1.07. The van der Waals surface area contributed by atoms with Gasteiger partial charge in [-0.15, -0.1) is 0 Å². The number of aliphatic hydroxyl groups excluding tert-OH is 1. The first-order valence-electron chi connectivity index (χ1n) is 10.8. The van der Waals surface area contributed by atoms with Crippen LogP contribution in [0.2, 0.25) is 0 Å². The van der Waals surface area contributed by atoms with Crippen molar-refractivity contribution in [2.75, 3.05) is 6.61 Å². The van der Waals surface area contributed by atoms with Crippen LogP contribution < -0.4 is 21.7 Å². The quantitative estimate of drug-likeness (QED) is 0.208. The van der Waals surface area contributed by atoms with Crippen LogP contribution in [0.5, 0.6) is 0 Å². The molecule has 0 aromatic carbocycles. The van der Waals surface area contributed by atoms with Crippen LogP contribution in [0.15, 0.2) is 12.5 Å². The Morgan fingerprint density at radius 2 is 1.75 bits per heavy atom. The van der Waals surface area contributed by atoms with E-state index < -0.39 is 48.5 Å². The van der Waals surface area contributed by atoms with Gasteiger partial charge in [-0.2, -0.15) is 0 Å². The maximum Gasteiger partial charge on any atom is 0.245 e. The zero-order chi connectivity index (χ0) is 24.3. The Kier molecular flexibility index (Phi) is 11.6. The molecule has 3 amide bonds. The van der Waals surface area contributed by atoms with Crippen molar-refractivity contribution < 1.29 is 24.3 Å². The molecule has 1 aromatic rings. The number of aromatic nitrogens is 2.